The van der Waals surface area contributed by atoms with E-state index in [0.717, 1.165) is 49.0 Å². The maximum atomic E-state index is 13.1. The van der Waals surface area contributed by atoms with Crippen LogP contribution in [0.3, 0.4) is 0 Å². The van der Waals surface area contributed by atoms with Crippen molar-refractivity contribution in [3.63, 3.8) is 0 Å². The normalized spacial score (nSPS) is 14.0. The summed E-state index contributed by atoms with van der Waals surface area (Å²) in [6.45, 7) is 3.91. The second kappa shape index (κ2) is 8.72. The number of anilines is 3. The van der Waals surface area contributed by atoms with Crippen molar-refractivity contribution in [2.24, 2.45) is 0 Å². The van der Waals surface area contributed by atoms with Crippen LogP contribution in [0.2, 0.25) is 0 Å². The van der Waals surface area contributed by atoms with Crippen LogP contribution < -0.4 is 19.9 Å². The highest BCUT2D eigenvalue weighted by Gasteiger charge is 2.19. The molecule has 0 amide bonds. The molecular weight excluding hydrogens is 371 g/mol. The van der Waals surface area contributed by atoms with Gasteiger partial charge in [-0.05, 0) is 42.0 Å². The number of nitrogens with one attached hydrogen (secondary N) is 1. The van der Waals surface area contributed by atoms with Crippen molar-refractivity contribution in [3.8, 4) is 5.75 Å². The quantitative estimate of drug-likeness (QED) is 0.689. The van der Waals surface area contributed by atoms with Crippen molar-refractivity contribution < 1.29 is 9.13 Å². The van der Waals surface area contributed by atoms with Crippen molar-refractivity contribution in [2.45, 2.75) is 6.54 Å². The third-order valence-corrected chi connectivity index (χ3v) is 4.95. The van der Waals surface area contributed by atoms with Crippen molar-refractivity contribution >= 4 is 17.5 Å². The summed E-state index contributed by atoms with van der Waals surface area (Å²) in [6, 6.07) is 14.5. The van der Waals surface area contributed by atoms with Gasteiger partial charge in [0, 0.05) is 38.4 Å². The van der Waals surface area contributed by atoms with Crippen molar-refractivity contribution in [2.75, 3.05) is 48.4 Å². The number of halogens is 1. The fourth-order valence-corrected chi connectivity index (χ4v) is 3.29. The minimum atomic E-state index is -0.214. The molecule has 0 radical (unpaired) electrons. The van der Waals surface area contributed by atoms with Gasteiger partial charge < -0.3 is 19.9 Å². The molecule has 3 aromatic rings. The summed E-state index contributed by atoms with van der Waals surface area (Å²) in [4.78, 5) is 9.03. The van der Waals surface area contributed by atoms with Crippen LogP contribution in [0.1, 0.15) is 5.56 Å². The van der Waals surface area contributed by atoms with E-state index in [1.807, 2.05) is 36.4 Å². The maximum Gasteiger partial charge on any atom is 0.244 e. The largest absolute Gasteiger partial charge is 0.497 e. The summed E-state index contributed by atoms with van der Waals surface area (Å²) in [6.07, 6.45) is 1.69. The molecule has 1 aliphatic rings. The number of ether oxygens (including phenoxy) is 1. The minimum absolute atomic E-state index is 0.214. The topological polar surface area (TPSA) is 66.4 Å². The number of hydrogen-bond donors (Lipinski definition) is 1. The van der Waals surface area contributed by atoms with E-state index < -0.39 is 0 Å². The number of piperazine rings is 1. The van der Waals surface area contributed by atoms with Gasteiger partial charge in [0.2, 0.25) is 5.95 Å². The van der Waals surface area contributed by atoms with Crippen molar-refractivity contribution in [3.05, 3.63) is 66.1 Å². The first-order chi connectivity index (χ1) is 14.2. The van der Waals surface area contributed by atoms with Gasteiger partial charge in [-0.15, -0.1) is 5.10 Å². The SMILES string of the molecule is COc1ccc(CNc2nncc(N3CCN(c4ccc(F)cc4)CC3)n2)cc1. The molecule has 150 valence electrons. The van der Waals surface area contributed by atoms with Gasteiger partial charge in [-0.2, -0.15) is 10.1 Å². The molecule has 0 aliphatic carbocycles. The molecular formula is C21H23FN6O. The maximum absolute atomic E-state index is 13.1. The number of methoxy groups -OCH3 is 1. The molecule has 2 heterocycles. The molecule has 1 N–H and O–H groups in total. The Hall–Kier alpha value is -3.42. The predicted molar refractivity (Wildman–Crippen MR) is 111 cm³/mol. The predicted octanol–water partition coefficient (Wildman–Crippen LogP) is 2.96. The third-order valence-electron chi connectivity index (χ3n) is 4.95. The Morgan fingerprint density at radius 3 is 2.34 bits per heavy atom. The van der Waals surface area contributed by atoms with Gasteiger partial charge in [0.15, 0.2) is 5.82 Å². The van der Waals surface area contributed by atoms with Gasteiger partial charge in [-0.3, -0.25) is 0 Å². The molecule has 0 bridgehead atoms. The second-order valence-corrected chi connectivity index (χ2v) is 6.79. The molecule has 29 heavy (non-hydrogen) atoms. The Kier molecular flexibility index (Phi) is 5.69. The molecule has 4 rings (SSSR count). The first-order valence-electron chi connectivity index (χ1n) is 9.53. The Morgan fingerprint density at radius 2 is 1.66 bits per heavy atom. The van der Waals surface area contributed by atoms with E-state index in [4.69, 9.17) is 4.74 Å². The van der Waals surface area contributed by atoms with E-state index in [2.05, 4.69) is 30.3 Å². The van der Waals surface area contributed by atoms with Crippen LogP contribution in [-0.4, -0.2) is 48.5 Å². The Bertz CT molecular complexity index is 927. The van der Waals surface area contributed by atoms with Crippen LogP contribution in [0, 0.1) is 5.82 Å². The van der Waals surface area contributed by atoms with E-state index in [9.17, 15) is 4.39 Å². The number of nitrogens with zero attached hydrogens (tertiary/aromatic N) is 5. The lowest BCUT2D eigenvalue weighted by molar-refractivity contribution is 0.414. The van der Waals surface area contributed by atoms with Gasteiger partial charge in [0.1, 0.15) is 11.6 Å². The van der Waals surface area contributed by atoms with Crippen LogP contribution in [0.15, 0.2) is 54.7 Å². The standard InChI is InChI=1S/C21H23FN6O/c1-29-19-8-2-16(3-9-19)14-23-21-25-20(15-24-26-21)28-12-10-27(11-13-28)18-6-4-17(22)5-7-18/h2-9,15H,10-14H2,1H3,(H,23,25,26). The fourth-order valence-electron chi connectivity index (χ4n) is 3.29. The fraction of sp³-hybridized carbons (Fsp3) is 0.286. The summed E-state index contributed by atoms with van der Waals surface area (Å²) in [5, 5.41) is 11.4. The Balaban J connectivity index is 1.34. The average molecular weight is 394 g/mol. The Morgan fingerprint density at radius 1 is 0.966 bits per heavy atom. The highest BCUT2D eigenvalue weighted by atomic mass is 19.1. The highest BCUT2D eigenvalue weighted by molar-refractivity contribution is 5.49. The van der Waals surface area contributed by atoms with Gasteiger partial charge in [-0.1, -0.05) is 12.1 Å². The summed E-state index contributed by atoms with van der Waals surface area (Å²) >= 11 is 0. The molecule has 1 aromatic heterocycles. The minimum Gasteiger partial charge on any atom is -0.497 e. The molecule has 8 heteroatoms. The van der Waals surface area contributed by atoms with Gasteiger partial charge in [-0.25, -0.2) is 4.39 Å². The van der Waals surface area contributed by atoms with Crippen LogP contribution in [0.5, 0.6) is 5.75 Å². The van der Waals surface area contributed by atoms with E-state index in [0.29, 0.717) is 12.5 Å². The lowest BCUT2D eigenvalue weighted by Crippen LogP contribution is -2.47. The number of hydrogen-bond acceptors (Lipinski definition) is 7. The summed E-state index contributed by atoms with van der Waals surface area (Å²) in [5.41, 5.74) is 2.14. The monoisotopic (exact) mass is 394 g/mol. The highest BCUT2D eigenvalue weighted by Crippen LogP contribution is 2.20. The lowest BCUT2D eigenvalue weighted by Gasteiger charge is -2.36. The second-order valence-electron chi connectivity index (χ2n) is 6.79. The van der Waals surface area contributed by atoms with Gasteiger partial charge in [0.05, 0.1) is 13.3 Å². The van der Waals surface area contributed by atoms with E-state index in [1.54, 1.807) is 13.3 Å². The summed E-state index contributed by atoms with van der Waals surface area (Å²) in [7, 11) is 1.65. The van der Waals surface area contributed by atoms with E-state index in [1.165, 1.54) is 12.1 Å². The van der Waals surface area contributed by atoms with Gasteiger partial charge in [0.25, 0.3) is 0 Å². The molecule has 0 unspecified atom stereocenters. The number of rotatable bonds is 6. The molecule has 1 saturated heterocycles. The zero-order valence-corrected chi connectivity index (χ0v) is 16.3. The molecule has 2 aromatic carbocycles. The summed E-state index contributed by atoms with van der Waals surface area (Å²) in [5.74, 6) is 1.91. The Labute approximate surface area is 169 Å². The molecule has 1 aliphatic heterocycles. The third kappa shape index (κ3) is 4.71. The molecule has 0 spiro atoms. The number of aromatic nitrogens is 3. The number of benzene rings is 2. The zero-order valence-electron chi connectivity index (χ0n) is 16.3. The van der Waals surface area contributed by atoms with E-state index in [-0.39, 0.29) is 5.82 Å². The van der Waals surface area contributed by atoms with Crippen molar-refractivity contribution in [1.82, 2.24) is 15.2 Å². The van der Waals surface area contributed by atoms with Crippen LogP contribution in [0.25, 0.3) is 0 Å². The first-order valence-corrected chi connectivity index (χ1v) is 9.53. The average Bonchev–Trinajstić information content (AvgIpc) is 2.79. The molecule has 1 fully saturated rings. The van der Waals surface area contributed by atoms with Gasteiger partial charge >= 0.3 is 0 Å². The molecule has 7 nitrogen and oxygen atoms in total. The smallest absolute Gasteiger partial charge is 0.244 e. The zero-order chi connectivity index (χ0) is 20.1. The molecule has 0 atom stereocenters. The first kappa shape index (κ1) is 18.9. The van der Waals surface area contributed by atoms with Crippen LogP contribution >= 0.6 is 0 Å². The van der Waals surface area contributed by atoms with Crippen LogP contribution in [0.4, 0.5) is 21.8 Å². The molecule has 0 saturated carbocycles. The van der Waals surface area contributed by atoms with Crippen molar-refractivity contribution in [1.29, 1.82) is 0 Å². The van der Waals surface area contributed by atoms with Crippen LogP contribution in [-0.2, 0) is 6.54 Å². The van der Waals surface area contributed by atoms with E-state index >= 15 is 0 Å². The summed E-state index contributed by atoms with van der Waals surface area (Å²) < 4.78 is 18.3. The lowest BCUT2D eigenvalue weighted by atomic mass is 10.2.